The highest BCUT2D eigenvalue weighted by Crippen LogP contribution is 2.25. The summed E-state index contributed by atoms with van der Waals surface area (Å²) in [4.78, 5) is 0. The van der Waals surface area contributed by atoms with Gasteiger partial charge in [0.25, 0.3) is 0 Å². The Hall–Kier alpha value is -1.36. The van der Waals surface area contributed by atoms with Crippen LogP contribution in [-0.2, 0) is 0 Å². The molecule has 0 amide bonds. The standard InChI is InChI=1S/C12H18F2N2O/c1-7(2)11(6-15)16-10-4-9(14)12(17-3)5-8(10)13/h4-5,7,11,16H,6,15H2,1-3H3. The molecule has 0 aromatic heterocycles. The lowest BCUT2D eigenvalue weighted by Crippen LogP contribution is -2.34. The van der Waals surface area contributed by atoms with Gasteiger partial charge in [-0.15, -0.1) is 0 Å². The maximum atomic E-state index is 13.6. The molecular formula is C12H18F2N2O. The van der Waals surface area contributed by atoms with Gasteiger partial charge in [0.15, 0.2) is 11.6 Å². The second kappa shape index (κ2) is 5.82. The first kappa shape index (κ1) is 13.7. The molecule has 1 unspecified atom stereocenters. The Morgan fingerprint density at radius 2 is 1.94 bits per heavy atom. The predicted octanol–water partition coefficient (Wildman–Crippen LogP) is 2.37. The fraction of sp³-hybridized carbons (Fsp3) is 0.500. The highest BCUT2D eigenvalue weighted by molar-refractivity contribution is 5.49. The van der Waals surface area contributed by atoms with E-state index in [0.29, 0.717) is 6.54 Å². The third-order valence-electron chi connectivity index (χ3n) is 2.64. The minimum absolute atomic E-state index is 0.0997. The van der Waals surface area contributed by atoms with Gasteiger partial charge in [-0.1, -0.05) is 13.8 Å². The Kier molecular flexibility index (Phi) is 4.69. The zero-order valence-electron chi connectivity index (χ0n) is 10.3. The van der Waals surface area contributed by atoms with Crippen molar-refractivity contribution in [3.05, 3.63) is 23.8 Å². The van der Waals surface area contributed by atoms with Crippen molar-refractivity contribution >= 4 is 5.69 Å². The second-order valence-electron chi connectivity index (χ2n) is 4.20. The van der Waals surface area contributed by atoms with Gasteiger partial charge in [-0.05, 0) is 5.92 Å². The first-order chi connectivity index (χ1) is 7.99. The molecule has 96 valence electrons. The SMILES string of the molecule is COc1cc(F)c(NC(CN)C(C)C)cc1F. The number of ether oxygens (including phenoxy) is 1. The largest absolute Gasteiger partial charge is 0.494 e. The maximum absolute atomic E-state index is 13.6. The summed E-state index contributed by atoms with van der Waals surface area (Å²) in [5, 5.41) is 2.89. The molecular weight excluding hydrogens is 226 g/mol. The third-order valence-corrected chi connectivity index (χ3v) is 2.64. The monoisotopic (exact) mass is 244 g/mol. The van der Waals surface area contributed by atoms with Gasteiger partial charge in [-0.2, -0.15) is 0 Å². The van der Waals surface area contributed by atoms with E-state index in [9.17, 15) is 8.78 Å². The number of hydrogen-bond donors (Lipinski definition) is 2. The molecule has 0 aliphatic heterocycles. The van der Waals surface area contributed by atoms with Crippen LogP contribution in [0.4, 0.5) is 14.5 Å². The van der Waals surface area contributed by atoms with Gasteiger partial charge in [-0.3, -0.25) is 0 Å². The first-order valence-electron chi connectivity index (χ1n) is 5.49. The summed E-state index contributed by atoms with van der Waals surface area (Å²) in [6.45, 7) is 4.27. The Balaban J connectivity index is 2.95. The van der Waals surface area contributed by atoms with Crippen molar-refractivity contribution in [3.63, 3.8) is 0 Å². The normalized spacial score (nSPS) is 12.6. The highest BCUT2D eigenvalue weighted by Gasteiger charge is 2.15. The van der Waals surface area contributed by atoms with Crippen LogP contribution in [0.2, 0.25) is 0 Å². The van der Waals surface area contributed by atoms with E-state index in [1.165, 1.54) is 7.11 Å². The zero-order chi connectivity index (χ0) is 13.0. The summed E-state index contributed by atoms with van der Waals surface area (Å²) in [6.07, 6.45) is 0. The van der Waals surface area contributed by atoms with Crippen LogP contribution in [0.5, 0.6) is 5.75 Å². The van der Waals surface area contributed by atoms with Gasteiger partial charge in [0.05, 0.1) is 12.8 Å². The molecule has 5 heteroatoms. The number of halogens is 2. The molecule has 1 aromatic carbocycles. The van der Waals surface area contributed by atoms with E-state index < -0.39 is 11.6 Å². The minimum atomic E-state index is -0.601. The molecule has 1 atom stereocenters. The fourth-order valence-corrected chi connectivity index (χ4v) is 1.49. The van der Waals surface area contributed by atoms with E-state index in [2.05, 4.69) is 5.32 Å². The van der Waals surface area contributed by atoms with Crippen LogP contribution in [-0.4, -0.2) is 19.7 Å². The Bertz CT molecular complexity index is 383. The van der Waals surface area contributed by atoms with Gasteiger partial charge in [0.1, 0.15) is 5.82 Å². The summed E-state index contributed by atoms with van der Waals surface area (Å²) in [7, 11) is 1.29. The first-order valence-corrected chi connectivity index (χ1v) is 5.49. The smallest absolute Gasteiger partial charge is 0.167 e. The van der Waals surface area contributed by atoms with Crippen LogP contribution in [0, 0.1) is 17.6 Å². The average molecular weight is 244 g/mol. The average Bonchev–Trinajstić information content (AvgIpc) is 2.29. The van der Waals surface area contributed by atoms with Crippen molar-refractivity contribution in [3.8, 4) is 5.75 Å². The van der Waals surface area contributed by atoms with Crippen LogP contribution >= 0.6 is 0 Å². The van der Waals surface area contributed by atoms with Gasteiger partial charge in [0.2, 0.25) is 0 Å². The molecule has 0 fully saturated rings. The van der Waals surface area contributed by atoms with Crippen LogP contribution in [0.15, 0.2) is 12.1 Å². The van der Waals surface area contributed by atoms with E-state index in [1.807, 2.05) is 13.8 Å². The summed E-state index contributed by atoms with van der Waals surface area (Å²) in [5.74, 6) is -1.04. The molecule has 0 aliphatic carbocycles. The van der Waals surface area contributed by atoms with Crippen molar-refractivity contribution in [2.24, 2.45) is 11.7 Å². The second-order valence-corrected chi connectivity index (χ2v) is 4.20. The molecule has 0 aliphatic rings. The Morgan fingerprint density at radius 3 is 2.41 bits per heavy atom. The van der Waals surface area contributed by atoms with Gasteiger partial charge in [0, 0.05) is 24.7 Å². The van der Waals surface area contributed by atoms with E-state index in [4.69, 9.17) is 10.5 Å². The molecule has 1 rings (SSSR count). The summed E-state index contributed by atoms with van der Waals surface area (Å²) >= 11 is 0. The van der Waals surface area contributed by atoms with E-state index in [-0.39, 0.29) is 23.4 Å². The lowest BCUT2D eigenvalue weighted by atomic mass is 10.0. The van der Waals surface area contributed by atoms with Gasteiger partial charge >= 0.3 is 0 Å². The minimum Gasteiger partial charge on any atom is -0.494 e. The lowest BCUT2D eigenvalue weighted by Gasteiger charge is -2.22. The zero-order valence-corrected chi connectivity index (χ0v) is 10.3. The molecule has 0 saturated heterocycles. The summed E-state index contributed by atoms with van der Waals surface area (Å²) < 4.78 is 31.7. The number of hydrogen-bond acceptors (Lipinski definition) is 3. The number of benzene rings is 1. The van der Waals surface area contributed by atoms with Crippen molar-refractivity contribution < 1.29 is 13.5 Å². The molecule has 0 radical (unpaired) electrons. The maximum Gasteiger partial charge on any atom is 0.167 e. The summed E-state index contributed by atoms with van der Waals surface area (Å²) in [6, 6.07) is 2.00. The Labute approximate surface area is 100.0 Å². The van der Waals surface area contributed by atoms with Gasteiger partial charge in [-0.25, -0.2) is 8.78 Å². The molecule has 3 N–H and O–H groups in total. The number of nitrogens with one attached hydrogen (secondary N) is 1. The van der Waals surface area contributed by atoms with Crippen molar-refractivity contribution in [1.82, 2.24) is 0 Å². The molecule has 3 nitrogen and oxygen atoms in total. The summed E-state index contributed by atoms with van der Waals surface area (Å²) in [5.41, 5.74) is 5.67. The molecule has 0 heterocycles. The number of anilines is 1. The lowest BCUT2D eigenvalue weighted by molar-refractivity contribution is 0.383. The van der Waals surface area contributed by atoms with Crippen LogP contribution < -0.4 is 15.8 Å². The third kappa shape index (κ3) is 3.30. The van der Waals surface area contributed by atoms with Gasteiger partial charge < -0.3 is 15.8 Å². The van der Waals surface area contributed by atoms with Crippen molar-refractivity contribution in [2.75, 3.05) is 19.0 Å². The Morgan fingerprint density at radius 1 is 1.29 bits per heavy atom. The number of rotatable bonds is 5. The highest BCUT2D eigenvalue weighted by atomic mass is 19.1. The molecule has 0 spiro atoms. The number of methoxy groups -OCH3 is 1. The molecule has 1 aromatic rings. The van der Waals surface area contributed by atoms with E-state index >= 15 is 0 Å². The molecule has 0 bridgehead atoms. The number of nitrogens with two attached hydrogens (primary N) is 1. The van der Waals surface area contributed by atoms with E-state index in [0.717, 1.165) is 12.1 Å². The van der Waals surface area contributed by atoms with Crippen molar-refractivity contribution in [2.45, 2.75) is 19.9 Å². The molecule has 17 heavy (non-hydrogen) atoms. The van der Waals surface area contributed by atoms with Crippen LogP contribution in [0.25, 0.3) is 0 Å². The fourth-order valence-electron chi connectivity index (χ4n) is 1.49. The van der Waals surface area contributed by atoms with Crippen LogP contribution in [0.1, 0.15) is 13.8 Å². The quantitative estimate of drug-likeness (QED) is 0.836. The van der Waals surface area contributed by atoms with E-state index in [1.54, 1.807) is 0 Å². The van der Waals surface area contributed by atoms with Crippen LogP contribution in [0.3, 0.4) is 0 Å². The predicted molar refractivity (Wildman–Crippen MR) is 64.2 cm³/mol. The molecule has 0 saturated carbocycles. The topological polar surface area (TPSA) is 47.3 Å². The van der Waals surface area contributed by atoms with Crippen molar-refractivity contribution in [1.29, 1.82) is 0 Å².